The molecule has 0 fully saturated rings. The molecule has 5 heteroatoms. The Morgan fingerprint density at radius 1 is 1.44 bits per heavy atom. The molecule has 4 nitrogen and oxygen atoms in total. The number of thioether (sulfide) groups is 1. The van der Waals surface area contributed by atoms with Gasteiger partial charge in [0.15, 0.2) is 0 Å². The van der Waals surface area contributed by atoms with Crippen molar-refractivity contribution in [2.45, 2.75) is 11.8 Å². The van der Waals surface area contributed by atoms with Crippen LogP contribution in [0, 0.1) is 0 Å². The molecule has 1 N–H and O–H groups in total. The van der Waals surface area contributed by atoms with Crippen molar-refractivity contribution in [3.05, 3.63) is 23.8 Å². The number of likely N-dealkylation sites (N-methyl/N-ethyl adjacent to an activating group) is 1. The minimum atomic E-state index is -0.939. The molecule has 0 atom stereocenters. The number of carboxylic acids is 1. The largest absolute Gasteiger partial charge is 0.491 e. The van der Waals surface area contributed by atoms with Gasteiger partial charge in [-0.05, 0) is 32.0 Å². The third kappa shape index (κ3) is 4.23. The van der Waals surface area contributed by atoms with Gasteiger partial charge in [-0.15, -0.1) is 11.8 Å². The van der Waals surface area contributed by atoms with Gasteiger partial charge in [-0.2, -0.15) is 0 Å². The second-order valence-electron chi connectivity index (χ2n) is 4.02. The van der Waals surface area contributed by atoms with Crippen LogP contribution in [0.2, 0.25) is 0 Å². The predicted molar refractivity (Wildman–Crippen MR) is 73.8 cm³/mol. The van der Waals surface area contributed by atoms with Gasteiger partial charge >= 0.3 is 5.97 Å². The predicted octanol–water partition coefficient (Wildman–Crippen LogP) is 2.44. The van der Waals surface area contributed by atoms with Gasteiger partial charge in [-0.3, -0.25) is 0 Å². The van der Waals surface area contributed by atoms with E-state index in [-0.39, 0.29) is 5.56 Å². The quantitative estimate of drug-likeness (QED) is 0.770. The lowest BCUT2D eigenvalue weighted by Crippen LogP contribution is -2.20. The molecular weight excluding hydrogens is 250 g/mol. The molecular formula is C13H19NO3S. The lowest BCUT2D eigenvalue weighted by atomic mass is 10.2. The fraction of sp³-hybridized carbons (Fsp3) is 0.462. The van der Waals surface area contributed by atoms with E-state index >= 15 is 0 Å². The average molecular weight is 269 g/mol. The zero-order valence-electron chi connectivity index (χ0n) is 11.0. The van der Waals surface area contributed by atoms with Crippen LogP contribution in [-0.4, -0.2) is 49.0 Å². The van der Waals surface area contributed by atoms with Crippen molar-refractivity contribution in [2.24, 2.45) is 0 Å². The van der Waals surface area contributed by atoms with Gasteiger partial charge in [0.1, 0.15) is 17.9 Å². The first kappa shape index (κ1) is 14.9. The van der Waals surface area contributed by atoms with Crippen LogP contribution in [0.1, 0.15) is 17.3 Å². The standard InChI is InChI=1S/C13H19NO3S/c1-4-18-11-7-5-6-10(12(11)13(15)16)17-9-8-14(2)3/h5-7H,4,8-9H2,1-3H3,(H,15,16). The molecule has 0 heterocycles. The van der Waals surface area contributed by atoms with Gasteiger partial charge in [-0.25, -0.2) is 4.79 Å². The first-order chi connectivity index (χ1) is 8.56. The van der Waals surface area contributed by atoms with Crippen molar-refractivity contribution in [3.63, 3.8) is 0 Å². The SMILES string of the molecule is CCSc1cccc(OCCN(C)C)c1C(=O)O. The van der Waals surface area contributed by atoms with Gasteiger partial charge < -0.3 is 14.7 Å². The summed E-state index contributed by atoms with van der Waals surface area (Å²) in [5, 5.41) is 9.28. The van der Waals surface area contributed by atoms with Gasteiger partial charge in [0.2, 0.25) is 0 Å². The summed E-state index contributed by atoms with van der Waals surface area (Å²) in [6.45, 7) is 3.23. The van der Waals surface area contributed by atoms with Crippen LogP contribution >= 0.6 is 11.8 Å². The number of ether oxygens (including phenoxy) is 1. The van der Waals surface area contributed by atoms with Gasteiger partial charge in [0, 0.05) is 11.4 Å². The molecule has 1 aromatic rings. The number of carbonyl (C=O) groups is 1. The molecule has 0 saturated heterocycles. The van der Waals surface area contributed by atoms with E-state index in [0.717, 1.165) is 17.2 Å². The first-order valence-corrected chi connectivity index (χ1v) is 6.81. The van der Waals surface area contributed by atoms with E-state index < -0.39 is 5.97 Å². The van der Waals surface area contributed by atoms with Crippen LogP contribution < -0.4 is 4.74 Å². The molecule has 0 unspecified atom stereocenters. The zero-order chi connectivity index (χ0) is 13.5. The average Bonchev–Trinajstić information content (AvgIpc) is 2.28. The highest BCUT2D eigenvalue weighted by molar-refractivity contribution is 7.99. The zero-order valence-corrected chi connectivity index (χ0v) is 11.8. The molecule has 0 aliphatic rings. The van der Waals surface area contributed by atoms with E-state index in [1.54, 1.807) is 6.07 Å². The lowest BCUT2D eigenvalue weighted by molar-refractivity contribution is 0.0688. The molecule has 1 rings (SSSR count). The Kier molecular flexibility index (Phi) is 6.01. The van der Waals surface area contributed by atoms with Crippen LogP contribution in [0.4, 0.5) is 0 Å². The Bertz CT molecular complexity index is 407. The summed E-state index contributed by atoms with van der Waals surface area (Å²) in [7, 11) is 3.90. The molecule has 100 valence electrons. The number of carboxylic acid groups (broad SMARTS) is 1. The number of hydrogen-bond donors (Lipinski definition) is 1. The highest BCUT2D eigenvalue weighted by Crippen LogP contribution is 2.30. The van der Waals surface area contributed by atoms with E-state index in [1.807, 2.05) is 38.1 Å². The van der Waals surface area contributed by atoms with Crippen LogP contribution in [0.3, 0.4) is 0 Å². The minimum absolute atomic E-state index is 0.267. The number of benzene rings is 1. The Balaban J connectivity index is 2.88. The maximum Gasteiger partial charge on any atom is 0.340 e. The smallest absolute Gasteiger partial charge is 0.340 e. The van der Waals surface area contributed by atoms with Crippen molar-refractivity contribution in [1.29, 1.82) is 0 Å². The fourth-order valence-electron chi connectivity index (χ4n) is 1.46. The van der Waals surface area contributed by atoms with E-state index in [4.69, 9.17) is 4.74 Å². The summed E-state index contributed by atoms with van der Waals surface area (Å²) >= 11 is 1.51. The van der Waals surface area contributed by atoms with E-state index in [0.29, 0.717) is 12.4 Å². The third-order valence-corrected chi connectivity index (χ3v) is 3.24. The van der Waals surface area contributed by atoms with Crippen molar-refractivity contribution in [1.82, 2.24) is 4.90 Å². The van der Waals surface area contributed by atoms with Crippen LogP contribution in [0.25, 0.3) is 0 Å². The second kappa shape index (κ2) is 7.28. The van der Waals surface area contributed by atoms with Crippen molar-refractivity contribution in [2.75, 3.05) is 33.0 Å². The molecule has 0 amide bonds. The van der Waals surface area contributed by atoms with Gasteiger partial charge in [0.25, 0.3) is 0 Å². The second-order valence-corrected chi connectivity index (χ2v) is 5.33. The number of aromatic carboxylic acids is 1. The van der Waals surface area contributed by atoms with Crippen molar-refractivity contribution in [3.8, 4) is 5.75 Å². The summed E-state index contributed by atoms with van der Waals surface area (Å²) in [5.41, 5.74) is 0.267. The summed E-state index contributed by atoms with van der Waals surface area (Å²) in [5.74, 6) is 0.343. The first-order valence-electron chi connectivity index (χ1n) is 5.83. The third-order valence-electron chi connectivity index (χ3n) is 2.30. The van der Waals surface area contributed by atoms with E-state index in [1.165, 1.54) is 11.8 Å². The molecule has 0 bridgehead atoms. The number of hydrogen-bond acceptors (Lipinski definition) is 4. The van der Waals surface area contributed by atoms with Crippen LogP contribution in [0.15, 0.2) is 23.1 Å². The highest BCUT2D eigenvalue weighted by atomic mass is 32.2. The Labute approximate surface area is 112 Å². The monoisotopic (exact) mass is 269 g/mol. The molecule has 0 aliphatic heterocycles. The Hall–Kier alpha value is -1.20. The maximum atomic E-state index is 11.3. The molecule has 18 heavy (non-hydrogen) atoms. The van der Waals surface area contributed by atoms with E-state index in [9.17, 15) is 9.90 Å². The molecule has 0 aromatic heterocycles. The Morgan fingerprint density at radius 3 is 2.72 bits per heavy atom. The van der Waals surface area contributed by atoms with Crippen molar-refractivity contribution < 1.29 is 14.6 Å². The van der Waals surface area contributed by atoms with Gasteiger partial charge in [-0.1, -0.05) is 13.0 Å². The summed E-state index contributed by atoms with van der Waals surface area (Å²) in [4.78, 5) is 14.1. The van der Waals surface area contributed by atoms with Crippen molar-refractivity contribution >= 4 is 17.7 Å². The summed E-state index contributed by atoms with van der Waals surface area (Å²) in [6.07, 6.45) is 0. The molecule has 0 radical (unpaired) electrons. The summed E-state index contributed by atoms with van der Waals surface area (Å²) in [6, 6.07) is 5.35. The van der Waals surface area contributed by atoms with Crippen LogP contribution in [0.5, 0.6) is 5.75 Å². The molecule has 1 aromatic carbocycles. The Morgan fingerprint density at radius 2 is 2.17 bits per heavy atom. The number of rotatable bonds is 7. The normalized spacial score (nSPS) is 10.7. The lowest BCUT2D eigenvalue weighted by Gasteiger charge is -2.14. The molecule has 0 spiro atoms. The fourth-order valence-corrected chi connectivity index (χ4v) is 2.27. The van der Waals surface area contributed by atoms with E-state index in [2.05, 4.69) is 0 Å². The minimum Gasteiger partial charge on any atom is -0.491 e. The topological polar surface area (TPSA) is 49.8 Å². The summed E-state index contributed by atoms with van der Waals surface area (Å²) < 4.78 is 5.56. The highest BCUT2D eigenvalue weighted by Gasteiger charge is 2.16. The molecule has 0 aliphatic carbocycles. The maximum absolute atomic E-state index is 11.3. The molecule has 0 saturated carbocycles. The number of nitrogens with zero attached hydrogens (tertiary/aromatic N) is 1. The van der Waals surface area contributed by atoms with Crippen LogP contribution in [-0.2, 0) is 0 Å². The van der Waals surface area contributed by atoms with Gasteiger partial charge in [0.05, 0.1) is 0 Å².